The van der Waals surface area contributed by atoms with Gasteiger partial charge in [0.05, 0.1) is 45.1 Å². The zero-order valence-corrected chi connectivity index (χ0v) is 18.7. The van der Waals surface area contributed by atoms with Crippen molar-refractivity contribution in [3.63, 3.8) is 0 Å². The number of allylic oxidation sites excluding steroid dienone is 1. The number of methoxy groups -OCH3 is 4. The Bertz CT molecular complexity index is 1010. The molecule has 31 heavy (non-hydrogen) atoms. The van der Waals surface area contributed by atoms with E-state index in [1.165, 1.54) is 6.08 Å². The first-order valence-electron chi connectivity index (χ1n) is 10.1. The van der Waals surface area contributed by atoms with Crippen molar-refractivity contribution in [1.29, 1.82) is 0 Å². The monoisotopic (exact) mass is 423 g/mol. The minimum atomic E-state index is -0.169. The van der Waals surface area contributed by atoms with Crippen molar-refractivity contribution in [2.75, 3.05) is 48.6 Å². The molecule has 164 valence electrons. The predicted octanol–water partition coefficient (Wildman–Crippen LogP) is 4.34. The maximum Gasteiger partial charge on any atom is 0.189 e. The highest BCUT2D eigenvalue weighted by molar-refractivity contribution is 6.09. The van der Waals surface area contributed by atoms with E-state index in [1.54, 1.807) is 46.6 Å². The number of hydrogen-bond donors (Lipinski definition) is 0. The highest BCUT2D eigenvalue weighted by Crippen LogP contribution is 2.45. The summed E-state index contributed by atoms with van der Waals surface area (Å²) in [5, 5.41) is 0. The first-order chi connectivity index (χ1) is 15.0. The first kappa shape index (κ1) is 22.4. The van der Waals surface area contributed by atoms with Crippen molar-refractivity contribution in [3.8, 4) is 23.0 Å². The van der Waals surface area contributed by atoms with Gasteiger partial charge in [-0.05, 0) is 43.3 Å². The largest absolute Gasteiger partial charge is 0.496 e. The number of benzene rings is 2. The van der Waals surface area contributed by atoms with Crippen molar-refractivity contribution >= 4 is 17.4 Å². The van der Waals surface area contributed by atoms with E-state index < -0.39 is 0 Å². The number of rotatable bonds is 8. The Morgan fingerprint density at radius 1 is 0.968 bits per heavy atom. The van der Waals surface area contributed by atoms with Gasteiger partial charge in [-0.2, -0.15) is 0 Å². The molecular weight excluding hydrogens is 394 g/mol. The van der Waals surface area contributed by atoms with Crippen LogP contribution in [0.3, 0.4) is 0 Å². The minimum Gasteiger partial charge on any atom is -0.496 e. The van der Waals surface area contributed by atoms with E-state index in [0.29, 0.717) is 34.1 Å². The highest BCUT2D eigenvalue weighted by atomic mass is 16.5. The highest BCUT2D eigenvalue weighted by Gasteiger charge is 2.23. The Hall–Kier alpha value is -3.25. The third-order valence-corrected chi connectivity index (χ3v) is 5.40. The molecule has 2 aromatic rings. The van der Waals surface area contributed by atoms with Crippen LogP contribution >= 0.6 is 0 Å². The molecule has 0 bridgehead atoms. The number of hydrogen-bond acceptors (Lipinski definition) is 6. The summed E-state index contributed by atoms with van der Waals surface area (Å²) in [6.07, 6.45) is 6.30. The van der Waals surface area contributed by atoms with Gasteiger partial charge in [0.15, 0.2) is 5.78 Å². The molecule has 0 N–H and O–H groups in total. The van der Waals surface area contributed by atoms with Crippen LogP contribution < -0.4 is 18.9 Å². The Morgan fingerprint density at radius 2 is 1.68 bits per heavy atom. The van der Waals surface area contributed by atoms with Gasteiger partial charge in [-0.1, -0.05) is 18.2 Å². The van der Waals surface area contributed by atoms with Crippen molar-refractivity contribution < 1.29 is 23.7 Å². The van der Waals surface area contributed by atoms with Crippen molar-refractivity contribution in [1.82, 2.24) is 4.90 Å². The fraction of sp³-hybridized carbons (Fsp3) is 0.320. The summed E-state index contributed by atoms with van der Waals surface area (Å²) in [7, 11) is 8.48. The summed E-state index contributed by atoms with van der Waals surface area (Å²) in [5.41, 5.74) is 3.22. The number of nitrogens with zero attached hydrogens (tertiary/aromatic N) is 1. The lowest BCUT2D eigenvalue weighted by atomic mass is 9.94. The average Bonchev–Trinajstić information content (AvgIpc) is 2.81. The summed E-state index contributed by atoms with van der Waals surface area (Å²) in [6, 6.07) is 8.98. The molecule has 2 aromatic carbocycles. The Labute approximate surface area is 183 Å². The second-order valence-corrected chi connectivity index (χ2v) is 7.24. The number of ether oxygens (including phenoxy) is 4. The summed E-state index contributed by atoms with van der Waals surface area (Å²) >= 11 is 0. The van der Waals surface area contributed by atoms with Gasteiger partial charge in [0.2, 0.25) is 0 Å². The molecule has 0 amide bonds. The molecule has 6 nitrogen and oxygen atoms in total. The number of ketones is 1. The van der Waals surface area contributed by atoms with Crippen LogP contribution in [-0.4, -0.2) is 59.3 Å². The second-order valence-electron chi connectivity index (χ2n) is 7.24. The number of carbonyl (C=O) groups excluding carboxylic acids is 1. The SMILES string of the molecule is COc1ccccc1C(=O)/C=C/c1c(OC)cc(OC)c(C2=CCN(C)CC2)c1OC. The molecular formula is C25H29NO5. The lowest BCUT2D eigenvalue weighted by Gasteiger charge is -2.25. The van der Waals surface area contributed by atoms with Crippen LogP contribution in [-0.2, 0) is 0 Å². The minimum absolute atomic E-state index is 0.169. The standard InChI is InChI=1S/C25H29NO5/c1-26-14-12-17(13-15-26)24-23(30-4)16-22(29-3)19(25(24)31-5)10-11-20(27)18-8-6-7-9-21(18)28-2/h6-12,16H,13-15H2,1-5H3/b11-10+. The molecule has 1 aliphatic heterocycles. The zero-order chi connectivity index (χ0) is 22.4. The van der Waals surface area contributed by atoms with Crippen molar-refractivity contribution in [3.05, 3.63) is 59.2 Å². The van der Waals surface area contributed by atoms with Crippen LogP contribution in [0.4, 0.5) is 0 Å². The lowest BCUT2D eigenvalue weighted by Crippen LogP contribution is -2.24. The molecule has 3 rings (SSSR count). The molecule has 0 unspecified atom stereocenters. The smallest absolute Gasteiger partial charge is 0.189 e. The predicted molar refractivity (Wildman–Crippen MR) is 123 cm³/mol. The van der Waals surface area contributed by atoms with Crippen LogP contribution in [0.1, 0.15) is 27.9 Å². The maximum absolute atomic E-state index is 12.9. The van der Waals surface area contributed by atoms with E-state index in [4.69, 9.17) is 18.9 Å². The van der Waals surface area contributed by atoms with Crippen LogP contribution in [0.15, 0.2) is 42.5 Å². The third kappa shape index (κ3) is 4.75. The maximum atomic E-state index is 12.9. The Kier molecular flexibility index (Phi) is 7.36. The second kappa shape index (κ2) is 10.2. The van der Waals surface area contributed by atoms with Crippen LogP contribution in [0.2, 0.25) is 0 Å². The fourth-order valence-corrected chi connectivity index (χ4v) is 3.73. The van der Waals surface area contributed by atoms with E-state index >= 15 is 0 Å². The van der Waals surface area contributed by atoms with Gasteiger partial charge in [-0.25, -0.2) is 0 Å². The van der Waals surface area contributed by atoms with E-state index in [1.807, 2.05) is 18.2 Å². The molecule has 1 aliphatic rings. The Morgan fingerprint density at radius 3 is 2.29 bits per heavy atom. The molecule has 0 saturated carbocycles. The summed E-state index contributed by atoms with van der Waals surface area (Å²) in [6.45, 7) is 1.80. The van der Waals surface area contributed by atoms with Gasteiger partial charge >= 0.3 is 0 Å². The quantitative estimate of drug-likeness (QED) is 0.465. The molecule has 0 radical (unpaired) electrons. The van der Waals surface area contributed by atoms with Gasteiger partial charge in [-0.15, -0.1) is 0 Å². The third-order valence-electron chi connectivity index (χ3n) is 5.40. The van der Waals surface area contributed by atoms with Crippen LogP contribution in [0.5, 0.6) is 23.0 Å². The topological polar surface area (TPSA) is 57.2 Å². The van der Waals surface area contributed by atoms with E-state index in [0.717, 1.165) is 30.6 Å². The normalized spacial score (nSPS) is 14.3. The van der Waals surface area contributed by atoms with E-state index in [2.05, 4.69) is 18.0 Å². The fourth-order valence-electron chi connectivity index (χ4n) is 3.73. The number of carbonyl (C=O) groups is 1. The molecule has 0 fully saturated rings. The van der Waals surface area contributed by atoms with Crippen molar-refractivity contribution in [2.45, 2.75) is 6.42 Å². The molecule has 0 atom stereocenters. The van der Waals surface area contributed by atoms with Gasteiger partial charge in [0.25, 0.3) is 0 Å². The van der Waals surface area contributed by atoms with E-state index in [-0.39, 0.29) is 5.78 Å². The molecule has 1 heterocycles. The molecule has 0 aromatic heterocycles. The molecule has 0 aliphatic carbocycles. The van der Waals surface area contributed by atoms with Gasteiger partial charge in [0.1, 0.15) is 23.0 Å². The zero-order valence-electron chi connectivity index (χ0n) is 18.7. The van der Waals surface area contributed by atoms with Gasteiger partial charge in [-0.3, -0.25) is 4.79 Å². The lowest BCUT2D eigenvalue weighted by molar-refractivity contribution is 0.104. The Balaban J connectivity index is 2.09. The van der Waals surface area contributed by atoms with Gasteiger partial charge < -0.3 is 23.8 Å². The van der Waals surface area contributed by atoms with E-state index in [9.17, 15) is 4.79 Å². The van der Waals surface area contributed by atoms with Gasteiger partial charge in [0, 0.05) is 19.2 Å². The van der Waals surface area contributed by atoms with Crippen LogP contribution in [0, 0.1) is 0 Å². The summed E-state index contributed by atoms with van der Waals surface area (Å²) < 4.78 is 22.4. The van der Waals surface area contributed by atoms with Crippen LogP contribution in [0.25, 0.3) is 11.6 Å². The number of para-hydroxylation sites is 1. The number of likely N-dealkylation sites (N-methyl/N-ethyl adjacent to an activating group) is 1. The molecule has 0 spiro atoms. The summed E-state index contributed by atoms with van der Waals surface area (Å²) in [5.74, 6) is 2.23. The molecule has 0 saturated heterocycles. The van der Waals surface area contributed by atoms with Crippen molar-refractivity contribution in [2.24, 2.45) is 0 Å². The average molecular weight is 424 g/mol. The first-order valence-corrected chi connectivity index (χ1v) is 10.1. The molecule has 6 heteroatoms. The summed E-state index contributed by atoms with van der Waals surface area (Å²) in [4.78, 5) is 15.1.